The summed E-state index contributed by atoms with van der Waals surface area (Å²) in [6.45, 7) is 0. The average molecular weight is 325 g/mol. The van der Waals surface area contributed by atoms with Crippen LogP contribution in [-0.4, -0.2) is 11.1 Å². The summed E-state index contributed by atoms with van der Waals surface area (Å²) in [4.78, 5) is 12.4. The van der Waals surface area contributed by atoms with Crippen LogP contribution in [0.4, 0.5) is 0 Å². The fraction of sp³-hybridized carbons (Fsp3) is 0.214. The van der Waals surface area contributed by atoms with Crippen molar-refractivity contribution in [3.63, 3.8) is 0 Å². The molecule has 1 aromatic carbocycles. The lowest BCUT2D eigenvalue weighted by Gasteiger charge is -2.11. The van der Waals surface area contributed by atoms with Gasteiger partial charge in [-0.2, -0.15) is 0 Å². The fourth-order valence-corrected chi connectivity index (χ4v) is 3.10. The molecule has 2 aromatic rings. The number of halogens is 1. The average Bonchev–Trinajstić information content (AvgIpc) is 2.81. The van der Waals surface area contributed by atoms with E-state index in [0.29, 0.717) is 12.8 Å². The largest absolute Gasteiger partial charge is 0.481 e. The van der Waals surface area contributed by atoms with Crippen LogP contribution >= 0.6 is 27.3 Å². The topological polar surface area (TPSA) is 37.3 Å². The Morgan fingerprint density at radius 2 is 2.11 bits per heavy atom. The predicted molar refractivity (Wildman–Crippen MR) is 77.0 cm³/mol. The molecule has 0 spiro atoms. The molecule has 1 heterocycles. The third-order valence-electron chi connectivity index (χ3n) is 2.75. The van der Waals surface area contributed by atoms with Crippen LogP contribution in [0.2, 0.25) is 0 Å². The van der Waals surface area contributed by atoms with Crippen LogP contribution in [0.25, 0.3) is 0 Å². The molecule has 2 rings (SSSR count). The molecule has 0 aliphatic carbocycles. The Morgan fingerprint density at radius 3 is 2.72 bits per heavy atom. The Kier molecular flexibility index (Phi) is 4.55. The molecular formula is C14H13BrO2S. The summed E-state index contributed by atoms with van der Waals surface area (Å²) < 4.78 is 0.986. The number of carbonyl (C=O) groups is 1. The first-order chi connectivity index (χ1) is 8.65. The number of carboxylic acids is 1. The minimum atomic E-state index is -0.733. The SMILES string of the molecule is O=C(O)C(Cc1cccc(Br)c1)Cc1cccs1. The van der Waals surface area contributed by atoms with Crippen molar-refractivity contribution in [2.45, 2.75) is 12.8 Å². The van der Waals surface area contributed by atoms with E-state index in [0.717, 1.165) is 14.9 Å². The highest BCUT2D eigenvalue weighted by atomic mass is 79.9. The van der Waals surface area contributed by atoms with Gasteiger partial charge in [0.2, 0.25) is 0 Å². The molecule has 0 aliphatic heterocycles. The van der Waals surface area contributed by atoms with Crippen molar-refractivity contribution in [3.8, 4) is 0 Å². The summed E-state index contributed by atoms with van der Waals surface area (Å²) >= 11 is 5.01. The molecule has 0 amide bonds. The Labute approximate surface area is 118 Å². The van der Waals surface area contributed by atoms with Gasteiger partial charge in [0.25, 0.3) is 0 Å². The summed E-state index contributed by atoms with van der Waals surface area (Å²) in [6, 6.07) is 11.8. The molecule has 0 radical (unpaired) electrons. The molecule has 2 nitrogen and oxygen atoms in total. The van der Waals surface area contributed by atoms with Crippen molar-refractivity contribution in [3.05, 3.63) is 56.7 Å². The summed E-state index contributed by atoms with van der Waals surface area (Å²) in [6.07, 6.45) is 1.16. The number of hydrogen-bond acceptors (Lipinski definition) is 2. The van der Waals surface area contributed by atoms with Crippen LogP contribution in [0.5, 0.6) is 0 Å². The smallest absolute Gasteiger partial charge is 0.307 e. The molecule has 18 heavy (non-hydrogen) atoms. The highest BCUT2D eigenvalue weighted by molar-refractivity contribution is 9.10. The van der Waals surface area contributed by atoms with Crippen LogP contribution < -0.4 is 0 Å². The fourth-order valence-electron chi connectivity index (χ4n) is 1.87. The van der Waals surface area contributed by atoms with Gasteiger partial charge < -0.3 is 5.11 Å². The molecule has 1 atom stereocenters. The maximum absolute atomic E-state index is 11.3. The molecule has 0 bridgehead atoms. The van der Waals surface area contributed by atoms with Gasteiger partial charge in [-0.15, -0.1) is 11.3 Å². The van der Waals surface area contributed by atoms with Gasteiger partial charge in [-0.25, -0.2) is 0 Å². The Bertz CT molecular complexity index is 522. The number of carboxylic acid groups (broad SMARTS) is 1. The Morgan fingerprint density at radius 1 is 1.28 bits per heavy atom. The van der Waals surface area contributed by atoms with E-state index in [1.165, 1.54) is 0 Å². The maximum atomic E-state index is 11.3. The number of aliphatic carboxylic acids is 1. The molecule has 1 unspecified atom stereocenters. The first kappa shape index (κ1) is 13.3. The molecule has 0 fully saturated rings. The van der Waals surface area contributed by atoms with Crippen molar-refractivity contribution in [2.24, 2.45) is 5.92 Å². The maximum Gasteiger partial charge on any atom is 0.307 e. The number of hydrogen-bond donors (Lipinski definition) is 1. The summed E-state index contributed by atoms with van der Waals surface area (Å²) in [7, 11) is 0. The highest BCUT2D eigenvalue weighted by Crippen LogP contribution is 2.20. The molecule has 94 valence electrons. The van der Waals surface area contributed by atoms with E-state index in [1.807, 2.05) is 41.8 Å². The zero-order valence-corrected chi connectivity index (χ0v) is 12.1. The quantitative estimate of drug-likeness (QED) is 0.902. The minimum Gasteiger partial charge on any atom is -0.481 e. The summed E-state index contributed by atoms with van der Waals surface area (Å²) in [5.74, 6) is -1.10. The predicted octanol–water partition coefficient (Wildman–Crippen LogP) is 4.00. The van der Waals surface area contributed by atoms with E-state index >= 15 is 0 Å². The number of benzene rings is 1. The molecule has 0 aliphatic rings. The first-order valence-corrected chi connectivity index (χ1v) is 7.32. The standard InChI is InChI=1S/C14H13BrO2S/c15-12-4-1-3-10(8-12)7-11(14(16)17)9-13-5-2-6-18-13/h1-6,8,11H,7,9H2,(H,16,17). The van der Waals surface area contributed by atoms with E-state index in [4.69, 9.17) is 0 Å². The van der Waals surface area contributed by atoms with Crippen LogP contribution in [-0.2, 0) is 17.6 Å². The van der Waals surface area contributed by atoms with E-state index in [1.54, 1.807) is 11.3 Å². The van der Waals surface area contributed by atoms with Gasteiger partial charge >= 0.3 is 5.97 Å². The lowest BCUT2D eigenvalue weighted by atomic mass is 9.96. The second-order valence-corrected chi connectivity index (χ2v) is 6.10. The second kappa shape index (κ2) is 6.16. The number of rotatable bonds is 5. The summed E-state index contributed by atoms with van der Waals surface area (Å²) in [5.41, 5.74) is 1.05. The molecular weight excluding hydrogens is 312 g/mol. The normalized spacial score (nSPS) is 12.3. The van der Waals surface area contributed by atoms with Gasteiger partial charge in [-0.3, -0.25) is 4.79 Å². The van der Waals surface area contributed by atoms with Crippen molar-refractivity contribution in [2.75, 3.05) is 0 Å². The van der Waals surface area contributed by atoms with E-state index < -0.39 is 5.97 Å². The van der Waals surface area contributed by atoms with Crippen LogP contribution in [0.3, 0.4) is 0 Å². The minimum absolute atomic E-state index is 0.363. The van der Waals surface area contributed by atoms with Gasteiger partial charge in [0.1, 0.15) is 0 Å². The number of thiophene rings is 1. The Hall–Kier alpha value is -1.13. The molecule has 1 N–H and O–H groups in total. The Balaban J connectivity index is 2.09. The second-order valence-electron chi connectivity index (χ2n) is 4.15. The van der Waals surface area contributed by atoms with Crippen molar-refractivity contribution in [1.29, 1.82) is 0 Å². The highest BCUT2D eigenvalue weighted by Gasteiger charge is 2.19. The lowest BCUT2D eigenvalue weighted by Crippen LogP contribution is -2.18. The zero-order chi connectivity index (χ0) is 13.0. The third-order valence-corrected chi connectivity index (χ3v) is 4.14. The van der Waals surface area contributed by atoms with E-state index in [9.17, 15) is 9.90 Å². The van der Waals surface area contributed by atoms with E-state index in [2.05, 4.69) is 15.9 Å². The van der Waals surface area contributed by atoms with Gasteiger partial charge in [0.05, 0.1) is 5.92 Å². The van der Waals surface area contributed by atoms with Gasteiger partial charge in [0.15, 0.2) is 0 Å². The van der Waals surface area contributed by atoms with Gasteiger partial charge in [0, 0.05) is 9.35 Å². The molecule has 0 saturated carbocycles. The first-order valence-electron chi connectivity index (χ1n) is 5.65. The zero-order valence-electron chi connectivity index (χ0n) is 9.67. The molecule has 4 heteroatoms. The van der Waals surface area contributed by atoms with Gasteiger partial charge in [-0.1, -0.05) is 34.1 Å². The van der Waals surface area contributed by atoms with Gasteiger partial charge in [-0.05, 0) is 42.0 Å². The van der Waals surface area contributed by atoms with Crippen LogP contribution in [0.1, 0.15) is 10.4 Å². The molecule has 1 aromatic heterocycles. The van der Waals surface area contributed by atoms with Crippen LogP contribution in [0, 0.1) is 5.92 Å². The van der Waals surface area contributed by atoms with Crippen molar-refractivity contribution in [1.82, 2.24) is 0 Å². The van der Waals surface area contributed by atoms with E-state index in [-0.39, 0.29) is 5.92 Å². The third kappa shape index (κ3) is 3.68. The monoisotopic (exact) mass is 324 g/mol. The lowest BCUT2D eigenvalue weighted by molar-refractivity contribution is -0.141. The molecule has 0 saturated heterocycles. The van der Waals surface area contributed by atoms with Crippen LogP contribution in [0.15, 0.2) is 46.3 Å². The van der Waals surface area contributed by atoms with Crippen molar-refractivity contribution >= 4 is 33.2 Å². The van der Waals surface area contributed by atoms with Crippen molar-refractivity contribution < 1.29 is 9.90 Å². The summed E-state index contributed by atoms with van der Waals surface area (Å²) in [5, 5.41) is 11.3.